The lowest BCUT2D eigenvalue weighted by Gasteiger charge is -2.30. The summed E-state index contributed by atoms with van der Waals surface area (Å²) < 4.78 is 0. The van der Waals surface area contributed by atoms with Gasteiger partial charge < -0.3 is 10.2 Å². The SMILES string of the molecule is CC1CCCN(C(=O)C(=O)NCCCc2ccccc2)C1. The van der Waals surface area contributed by atoms with Gasteiger partial charge in [-0.15, -0.1) is 0 Å². The first kappa shape index (κ1) is 15.5. The highest BCUT2D eigenvalue weighted by atomic mass is 16.2. The maximum atomic E-state index is 12.0. The van der Waals surface area contributed by atoms with E-state index in [1.165, 1.54) is 5.56 Å². The van der Waals surface area contributed by atoms with Gasteiger partial charge in [-0.3, -0.25) is 9.59 Å². The number of hydrogen-bond acceptors (Lipinski definition) is 2. The molecule has 1 N–H and O–H groups in total. The van der Waals surface area contributed by atoms with Crippen LogP contribution >= 0.6 is 0 Å². The van der Waals surface area contributed by atoms with Crippen LogP contribution in [0.15, 0.2) is 30.3 Å². The second kappa shape index (κ2) is 7.81. The summed E-state index contributed by atoms with van der Waals surface area (Å²) in [7, 11) is 0. The summed E-state index contributed by atoms with van der Waals surface area (Å²) in [6.45, 7) is 4.08. The van der Waals surface area contributed by atoms with E-state index in [-0.39, 0.29) is 5.91 Å². The fraction of sp³-hybridized carbons (Fsp3) is 0.529. The summed E-state index contributed by atoms with van der Waals surface area (Å²) in [5.41, 5.74) is 1.25. The molecule has 1 atom stereocenters. The van der Waals surface area contributed by atoms with E-state index in [9.17, 15) is 9.59 Å². The van der Waals surface area contributed by atoms with E-state index >= 15 is 0 Å². The van der Waals surface area contributed by atoms with Crippen LogP contribution in [0, 0.1) is 5.92 Å². The molecule has 1 aromatic rings. The molecular weight excluding hydrogens is 264 g/mol. The fourth-order valence-corrected chi connectivity index (χ4v) is 2.73. The van der Waals surface area contributed by atoms with E-state index < -0.39 is 5.91 Å². The molecule has 0 saturated carbocycles. The topological polar surface area (TPSA) is 49.4 Å². The molecule has 0 aromatic heterocycles. The van der Waals surface area contributed by atoms with Crippen LogP contribution in [0.25, 0.3) is 0 Å². The molecule has 0 aliphatic carbocycles. The lowest BCUT2D eigenvalue weighted by atomic mass is 10.0. The van der Waals surface area contributed by atoms with E-state index in [1.807, 2.05) is 18.2 Å². The zero-order chi connectivity index (χ0) is 15.1. The normalized spacial score (nSPS) is 18.3. The van der Waals surface area contributed by atoms with Crippen LogP contribution in [0.5, 0.6) is 0 Å². The maximum Gasteiger partial charge on any atom is 0.311 e. The Labute approximate surface area is 126 Å². The molecule has 2 rings (SSSR count). The summed E-state index contributed by atoms with van der Waals surface area (Å²) in [6.07, 6.45) is 3.90. The van der Waals surface area contributed by atoms with Crippen LogP contribution in [-0.4, -0.2) is 36.3 Å². The molecule has 1 heterocycles. The summed E-state index contributed by atoms with van der Waals surface area (Å²) in [4.78, 5) is 25.6. The minimum absolute atomic E-state index is 0.374. The zero-order valence-electron chi connectivity index (χ0n) is 12.7. The molecule has 1 saturated heterocycles. The van der Waals surface area contributed by atoms with E-state index in [0.717, 1.165) is 25.7 Å². The number of aryl methyl sites for hydroxylation is 1. The van der Waals surface area contributed by atoms with Gasteiger partial charge in [0.25, 0.3) is 0 Å². The predicted octanol–water partition coefficient (Wildman–Crippen LogP) is 1.99. The van der Waals surface area contributed by atoms with Gasteiger partial charge in [0.2, 0.25) is 0 Å². The summed E-state index contributed by atoms with van der Waals surface area (Å²) in [5, 5.41) is 2.73. The third kappa shape index (κ3) is 4.88. The maximum absolute atomic E-state index is 12.0. The number of amides is 2. The van der Waals surface area contributed by atoms with Crippen molar-refractivity contribution >= 4 is 11.8 Å². The fourth-order valence-electron chi connectivity index (χ4n) is 2.73. The second-order valence-electron chi connectivity index (χ2n) is 5.84. The van der Waals surface area contributed by atoms with Gasteiger partial charge in [0.05, 0.1) is 0 Å². The largest absolute Gasteiger partial charge is 0.348 e. The number of benzene rings is 1. The number of hydrogen-bond donors (Lipinski definition) is 1. The molecule has 21 heavy (non-hydrogen) atoms. The molecule has 1 fully saturated rings. The van der Waals surface area contributed by atoms with E-state index in [2.05, 4.69) is 24.4 Å². The van der Waals surface area contributed by atoms with Gasteiger partial charge in [-0.1, -0.05) is 37.3 Å². The van der Waals surface area contributed by atoms with E-state index in [0.29, 0.717) is 25.6 Å². The molecule has 1 aliphatic rings. The first-order valence-corrected chi connectivity index (χ1v) is 7.78. The van der Waals surface area contributed by atoms with Gasteiger partial charge in [-0.05, 0) is 37.2 Å². The zero-order valence-corrected chi connectivity index (χ0v) is 12.7. The number of nitrogens with zero attached hydrogens (tertiary/aromatic N) is 1. The third-order valence-corrected chi connectivity index (χ3v) is 3.91. The van der Waals surface area contributed by atoms with Crippen molar-refractivity contribution in [1.82, 2.24) is 10.2 Å². The highest BCUT2D eigenvalue weighted by molar-refractivity contribution is 6.35. The number of likely N-dealkylation sites (tertiary alicyclic amines) is 1. The van der Waals surface area contributed by atoms with Crippen molar-refractivity contribution in [3.8, 4) is 0 Å². The van der Waals surface area contributed by atoms with Gasteiger partial charge in [-0.25, -0.2) is 0 Å². The Morgan fingerprint density at radius 3 is 2.76 bits per heavy atom. The van der Waals surface area contributed by atoms with Crippen molar-refractivity contribution in [3.63, 3.8) is 0 Å². The molecule has 1 unspecified atom stereocenters. The molecule has 4 nitrogen and oxygen atoms in total. The van der Waals surface area contributed by atoms with E-state index in [1.54, 1.807) is 4.90 Å². The van der Waals surface area contributed by atoms with Crippen LogP contribution in [0.2, 0.25) is 0 Å². The lowest BCUT2D eigenvalue weighted by Crippen LogP contribution is -2.47. The van der Waals surface area contributed by atoms with Gasteiger partial charge >= 0.3 is 11.8 Å². The molecule has 4 heteroatoms. The Hall–Kier alpha value is -1.84. The van der Waals surface area contributed by atoms with Gasteiger partial charge in [0, 0.05) is 19.6 Å². The Morgan fingerprint density at radius 1 is 1.29 bits per heavy atom. The van der Waals surface area contributed by atoms with Crippen molar-refractivity contribution in [1.29, 1.82) is 0 Å². The van der Waals surface area contributed by atoms with Crippen LogP contribution in [0.1, 0.15) is 31.7 Å². The smallest absolute Gasteiger partial charge is 0.311 e. The molecule has 0 radical (unpaired) electrons. The van der Waals surface area contributed by atoms with Crippen LogP contribution in [0.3, 0.4) is 0 Å². The van der Waals surface area contributed by atoms with E-state index in [4.69, 9.17) is 0 Å². The Bertz CT molecular complexity index is 473. The van der Waals surface area contributed by atoms with Crippen molar-refractivity contribution in [2.75, 3.05) is 19.6 Å². The second-order valence-corrected chi connectivity index (χ2v) is 5.84. The molecule has 114 valence electrons. The standard InChI is InChI=1S/C17H24N2O2/c1-14-7-6-12-19(13-14)17(21)16(20)18-11-5-10-15-8-3-2-4-9-15/h2-4,8-9,14H,5-7,10-13H2,1H3,(H,18,20). The molecule has 1 aliphatic heterocycles. The third-order valence-electron chi connectivity index (χ3n) is 3.91. The highest BCUT2D eigenvalue weighted by Gasteiger charge is 2.25. The quantitative estimate of drug-likeness (QED) is 0.680. The highest BCUT2D eigenvalue weighted by Crippen LogP contribution is 2.15. The van der Waals surface area contributed by atoms with Crippen molar-refractivity contribution in [3.05, 3.63) is 35.9 Å². The minimum atomic E-state index is -0.461. The molecular formula is C17H24N2O2. The van der Waals surface area contributed by atoms with Crippen LogP contribution in [0.4, 0.5) is 0 Å². The minimum Gasteiger partial charge on any atom is -0.348 e. The summed E-state index contributed by atoms with van der Waals surface area (Å²) in [6, 6.07) is 10.2. The lowest BCUT2D eigenvalue weighted by molar-refractivity contribution is -0.146. The van der Waals surface area contributed by atoms with Gasteiger partial charge in [0.15, 0.2) is 0 Å². The van der Waals surface area contributed by atoms with Gasteiger partial charge in [-0.2, -0.15) is 0 Å². The molecule has 1 aromatic carbocycles. The Morgan fingerprint density at radius 2 is 2.05 bits per heavy atom. The van der Waals surface area contributed by atoms with Crippen molar-refractivity contribution < 1.29 is 9.59 Å². The number of carbonyl (C=O) groups is 2. The van der Waals surface area contributed by atoms with Crippen LogP contribution < -0.4 is 5.32 Å². The molecule has 0 bridgehead atoms. The summed E-state index contributed by atoms with van der Waals surface area (Å²) >= 11 is 0. The summed E-state index contributed by atoms with van der Waals surface area (Å²) in [5.74, 6) is -0.341. The monoisotopic (exact) mass is 288 g/mol. The number of nitrogens with one attached hydrogen (secondary N) is 1. The molecule has 0 spiro atoms. The average Bonchev–Trinajstić information content (AvgIpc) is 2.51. The Kier molecular flexibility index (Phi) is 5.78. The first-order chi connectivity index (χ1) is 10.2. The first-order valence-electron chi connectivity index (χ1n) is 7.78. The van der Waals surface area contributed by atoms with Gasteiger partial charge in [0.1, 0.15) is 0 Å². The number of rotatable bonds is 4. The van der Waals surface area contributed by atoms with Crippen LogP contribution in [-0.2, 0) is 16.0 Å². The van der Waals surface area contributed by atoms with Crippen molar-refractivity contribution in [2.24, 2.45) is 5.92 Å². The average molecular weight is 288 g/mol. The Balaban J connectivity index is 1.68. The predicted molar refractivity (Wildman–Crippen MR) is 82.8 cm³/mol. The number of piperidine rings is 1. The van der Waals surface area contributed by atoms with Crippen molar-refractivity contribution in [2.45, 2.75) is 32.6 Å². The molecule has 2 amide bonds. The number of carbonyl (C=O) groups excluding carboxylic acids is 2.